The minimum atomic E-state index is -0.00507. The van der Waals surface area contributed by atoms with Crippen molar-refractivity contribution in [2.75, 3.05) is 0 Å². The van der Waals surface area contributed by atoms with Crippen molar-refractivity contribution in [3.63, 3.8) is 0 Å². The largest absolute Gasteiger partial charge is 0.310 e. The maximum atomic E-state index is 12.4. The van der Waals surface area contributed by atoms with E-state index in [0.29, 0.717) is 6.54 Å². The van der Waals surface area contributed by atoms with Crippen LogP contribution in [-0.4, -0.2) is 14.8 Å². The Balaban J connectivity index is 1.53. The lowest BCUT2D eigenvalue weighted by Gasteiger charge is -2.10. The fraction of sp³-hybridized carbons (Fsp3) is 0.0435. The van der Waals surface area contributed by atoms with Gasteiger partial charge in [-0.25, -0.2) is 0 Å². The Morgan fingerprint density at radius 3 is 2.56 bits per heavy atom. The van der Waals surface area contributed by atoms with Crippen LogP contribution in [0.1, 0.15) is 5.56 Å². The molecule has 4 nitrogen and oxygen atoms in total. The maximum absolute atomic E-state index is 12.4. The van der Waals surface area contributed by atoms with Gasteiger partial charge in [0.25, 0.3) is 5.56 Å². The first kappa shape index (κ1) is 15.6. The molecule has 2 heterocycles. The minimum absolute atomic E-state index is 0.00507. The van der Waals surface area contributed by atoms with Gasteiger partial charge in [0.15, 0.2) is 0 Å². The topological polar surface area (TPSA) is 50.7 Å². The zero-order valence-corrected chi connectivity index (χ0v) is 14.6. The molecule has 1 N–H and O–H groups in total. The van der Waals surface area contributed by atoms with Crippen LogP contribution in [0, 0.1) is 0 Å². The van der Waals surface area contributed by atoms with E-state index < -0.39 is 0 Å². The van der Waals surface area contributed by atoms with Gasteiger partial charge in [0, 0.05) is 17.6 Å². The highest BCUT2D eigenvalue weighted by Gasteiger charge is 2.05. The number of fused-ring (bicyclic) bond motifs is 2. The standard InChI is InChI=1S/C23H17N3O/c27-23-10-9-21(19-7-8-20-13-24-25-22(20)12-19)15-26(23)14-16-5-6-17-3-1-2-4-18(17)11-16/h1-13,15H,14H2,(H,24,25). The van der Waals surface area contributed by atoms with Crippen LogP contribution in [0.3, 0.4) is 0 Å². The number of nitrogens with one attached hydrogen (secondary N) is 1. The van der Waals surface area contributed by atoms with Crippen molar-refractivity contribution in [2.45, 2.75) is 6.54 Å². The van der Waals surface area contributed by atoms with Crippen molar-refractivity contribution in [1.82, 2.24) is 14.8 Å². The van der Waals surface area contributed by atoms with E-state index in [1.165, 1.54) is 10.8 Å². The fourth-order valence-electron chi connectivity index (χ4n) is 3.48. The van der Waals surface area contributed by atoms with E-state index in [2.05, 4.69) is 52.7 Å². The van der Waals surface area contributed by atoms with Crippen LogP contribution < -0.4 is 5.56 Å². The summed E-state index contributed by atoms with van der Waals surface area (Å²) in [5.74, 6) is 0. The molecule has 0 bridgehead atoms. The number of aromatic amines is 1. The second kappa shape index (κ2) is 6.25. The molecule has 0 aliphatic heterocycles. The van der Waals surface area contributed by atoms with E-state index in [1.54, 1.807) is 16.8 Å². The average Bonchev–Trinajstić information content (AvgIpc) is 3.17. The molecular weight excluding hydrogens is 334 g/mol. The van der Waals surface area contributed by atoms with Crippen molar-refractivity contribution in [3.8, 4) is 11.1 Å². The molecule has 0 amide bonds. The van der Waals surface area contributed by atoms with Gasteiger partial charge in [0.05, 0.1) is 18.3 Å². The smallest absolute Gasteiger partial charge is 0.250 e. The number of benzene rings is 3. The molecule has 4 heteroatoms. The van der Waals surface area contributed by atoms with Gasteiger partial charge >= 0.3 is 0 Å². The molecule has 0 aliphatic carbocycles. The quantitative estimate of drug-likeness (QED) is 0.517. The van der Waals surface area contributed by atoms with E-state index in [-0.39, 0.29) is 5.56 Å². The number of H-pyrrole nitrogens is 1. The number of rotatable bonds is 3. The first-order valence-electron chi connectivity index (χ1n) is 8.88. The van der Waals surface area contributed by atoms with Crippen LogP contribution in [0.2, 0.25) is 0 Å². The molecule has 0 saturated carbocycles. The lowest BCUT2D eigenvalue weighted by atomic mass is 10.1. The molecule has 0 atom stereocenters. The van der Waals surface area contributed by atoms with Crippen LogP contribution in [-0.2, 0) is 6.54 Å². The van der Waals surface area contributed by atoms with E-state index in [0.717, 1.165) is 27.6 Å². The predicted octanol–water partition coefficient (Wildman–Crippen LogP) is 4.59. The van der Waals surface area contributed by atoms with Crippen molar-refractivity contribution in [3.05, 3.63) is 101 Å². The zero-order chi connectivity index (χ0) is 18.2. The number of hydrogen-bond acceptors (Lipinski definition) is 2. The van der Waals surface area contributed by atoms with Crippen LogP contribution in [0.15, 0.2) is 90.0 Å². The number of hydrogen-bond donors (Lipinski definition) is 1. The molecule has 0 unspecified atom stereocenters. The van der Waals surface area contributed by atoms with Crippen LogP contribution >= 0.6 is 0 Å². The Kier molecular flexibility index (Phi) is 3.61. The maximum Gasteiger partial charge on any atom is 0.250 e. The van der Waals surface area contributed by atoms with Gasteiger partial charge in [-0.2, -0.15) is 5.10 Å². The van der Waals surface area contributed by atoms with Gasteiger partial charge < -0.3 is 4.57 Å². The molecule has 3 aromatic carbocycles. The SMILES string of the molecule is O=c1ccc(-c2ccc3cn[nH]c3c2)cn1Cc1ccc2ccccc2c1. The second-order valence-corrected chi connectivity index (χ2v) is 6.74. The highest BCUT2D eigenvalue weighted by atomic mass is 16.1. The normalized spacial score (nSPS) is 11.3. The van der Waals surface area contributed by atoms with Crippen LogP contribution in [0.5, 0.6) is 0 Å². The summed E-state index contributed by atoms with van der Waals surface area (Å²) in [5.41, 5.74) is 4.15. The Bertz CT molecular complexity index is 1330. The first-order chi connectivity index (χ1) is 13.3. The molecule has 0 saturated heterocycles. The summed E-state index contributed by atoms with van der Waals surface area (Å²) in [7, 11) is 0. The van der Waals surface area contributed by atoms with Gasteiger partial charge in [-0.1, -0.05) is 48.5 Å². The molecule has 27 heavy (non-hydrogen) atoms. The molecule has 2 aromatic heterocycles. The third-order valence-corrected chi connectivity index (χ3v) is 4.93. The van der Waals surface area contributed by atoms with Crippen molar-refractivity contribution < 1.29 is 0 Å². The monoisotopic (exact) mass is 351 g/mol. The second-order valence-electron chi connectivity index (χ2n) is 6.74. The van der Waals surface area contributed by atoms with Gasteiger partial charge in [-0.3, -0.25) is 9.89 Å². The first-order valence-corrected chi connectivity index (χ1v) is 8.88. The van der Waals surface area contributed by atoms with Gasteiger partial charge in [0.2, 0.25) is 0 Å². The Morgan fingerprint density at radius 2 is 1.63 bits per heavy atom. The Labute approximate surface area is 155 Å². The minimum Gasteiger partial charge on any atom is -0.310 e. The van der Waals surface area contributed by atoms with Crippen LogP contribution in [0.25, 0.3) is 32.8 Å². The Morgan fingerprint density at radius 1 is 0.815 bits per heavy atom. The lowest BCUT2D eigenvalue weighted by molar-refractivity contribution is 0.762. The highest BCUT2D eigenvalue weighted by molar-refractivity contribution is 5.84. The van der Waals surface area contributed by atoms with E-state index >= 15 is 0 Å². The van der Waals surface area contributed by atoms with E-state index in [9.17, 15) is 4.79 Å². The number of aromatic nitrogens is 3. The zero-order valence-electron chi connectivity index (χ0n) is 14.6. The lowest BCUT2D eigenvalue weighted by Crippen LogP contribution is -2.19. The Hall–Kier alpha value is -3.66. The molecule has 0 radical (unpaired) electrons. The van der Waals surface area contributed by atoms with Crippen molar-refractivity contribution in [1.29, 1.82) is 0 Å². The molecule has 0 aliphatic rings. The van der Waals surface area contributed by atoms with E-state index in [4.69, 9.17) is 0 Å². The van der Waals surface area contributed by atoms with Gasteiger partial charge in [-0.05, 0) is 45.7 Å². The van der Waals surface area contributed by atoms with Gasteiger partial charge in [0.1, 0.15) is 0 Å². The molecule has 0 spiro atoms. The summed E-state index contributed by atoms with van der Waals surface area (Å²) in [6.07, 6.45) is 3.73. The third-order valence-electron chi connectivity index (χ3n) is 4.93. The summed E-state index contributed by atoms with van der Waals surface area (Å²) in [6.45, 7) is 0.545. The van der Waals surface area contributed by atoms with Crippen LogP contribution in [0.4, 0.5) is 0 Å². The molecule has 5 aromatic rings. The number of pyridine rings is 1. The summed E-state index contributed by atoms with van der Waals surface area (Å²) in [6, 6.07) is 24.2. The number of nitrogens with zero attached hydrogens (tertiary/aromatic N) is 2. The summed E-state index contributed by atoms with van der Waals surface area (Å²) in [4.78, 5) is 12.4. The predicted molar refractivity (Wildman–Crippen MR) is 109 cm³/mol. The van der Waals surface area contributed by atoms with Gasteiger partial charge in [-0.15, -0.1) is 0 Å². The highest BCUT2D eigenvalue weighted by Crippen LogP contribution is 2.23. The average molecular weight is 351 g/mol. The van der Waals surface area contributed by atoms with E-state index in [1.807, 2.05) is 30.5 Å². The summed E-state index contributed by atoms with van der Waals surface area (Å²) in [5, 5.41) is 10.5. The molecule has 0 fully saturated rings. The summed E-state index contributed by atoms with van der Waals surface area (Å²) >= 11 is 0. The van der Waals surface area contributed by atoms with Crippen molar-refractivity contribution in [2.24, 2.45) is 0 Å². The molecule has 5 rings (SSSR count). The molecule has 130 valence electrons. The third kappa shape index (κ3) is 2.91. The van der Waals surface area contributed by atoms with Crippen molar-refractivity contribution >= 4 is 21.7 Å². The summed E-state index contributed by atoms with van der Waals surface area (Å²) < 4.78 is 1.76. The molecular formula is C23H17N3O. The fourth-order valence-corrected chi connectivity index (χ4v) is 3.48.